The van der Waals surface area contributed by atoms with Gasteiger partial charge in [0.05, 0.1) is 6.61 Å². The fraction of sp³-hybridized carbons (Fsp3) is 0.455. The Kier molecular flexibility index (Phi) is 5.42. The van der Waals surface area contributed by atoms with Crippen molar-refractivity contribution in [3.8, 4) is 5.75 Å². The third-order valence-corrected chi connectivity index (χ3v) is 2.12. The Hall–Kier alpha value is -0.730. The number of hydrogen-bond acceptors (Lipinski definition) is 2. The van der Waals surface area contributed by atoms with Crippen molar-refractivity contribution in [2.24, 2.45) is 0 Å². The molecule has 1 rings (SSSR count). The topological polar surface area (TPSA) is 21.3 Å². The van der Waals surface area contributed by atoms with E-state index in [4.69, 9.17) is 16.3 Å². The minimum absolute atomic E-state index is 0.720. The van der Waals surface area contributed by atoms with Crippen LogP contribution in [0.2, 0.25) is 5.02 Å². The van der Waals surface area contributed by atoms with Gasteiger partial charge < -0.3 is 10.1 Å². The van der Waals surface area contributed by atoms with Crippen molar-refractivity contribution in [2.75, 3.05) is 20.2 Å². The number of halogens is 1. The smallest absolute Gasteiger partial charge is 0.120 e. The van der Waals surface area contributed by atoms with E-state index in [1.165, 1.54) is 0 Å². The zero-order valence-electron chi connectivity index (χ0n) is 8.42. The molecule has 0 aliphatic rings. The predicted octanol–water partition coefficient (Wildman–Crippen LogP) is 2.72. The van der Waals surface area contributed by atoms with Crippen LogP contribution in [0.5, 0.6) is 5.75 Å². The number of hydrogen-bond donors (Lipinski definition) is 1. The molecule has 0 saturated carbocycles. The van der Waals surface area contributed by atoms with E-state index < -0.39 is 0 Å². The van der Waals surface area contributed by atoms with Gasteiger partial charge in [-0.15, -0.1) is 0 Å². The molecule has 0 radical (unpaired) electrons. The molecule has 0 aliphatic heterocycles. The van der Waals surface area contributed by atoms with Gasteiger partial charge in [0.25, 0.3) is 0 Å². The van der Waals surface area contributed by atoms with E-state index in [9.17, 15) is 0 Å². The fourth-order valence-electron chi connectivity index (χ4n) is 1.15. The summed E-state index contributed by atoms with van der Waals surface area (Å²) in [6.07, 6.45) is 2.20. The number of rotatable bonds is 6. The number of unbranched alkanes of at least 4 members (excludes halogenated alkanes) is 1. The van der Waals surface area contributed by atoms with Gasteiger partial charge in [-0.3, -0.25) is 0 Å². The van der Waals surface area contributed by atoms with Crippen LogP contribution < -0.4 is 10.1 Å². The SMILES string of the molecule is CNCCCCOc1cccc(Cl)c1. The molecule has 0 amide bonds. The molecule has 0 heterocycles. The quantitative estimate of drug-likeness (QED) is 0.734. The van der Waals surface area contributed by atoms with E-state index in [0.717, 1.165) is 36.8 Å². The standard InChI is InChI=1S/C11H16ClNO/c1-13-7-2-3-8-14-11-6-4-5-10(12)9-11/h4-6,9,13H,2-3,7-8H2,1H3. The Morgan fingerprint density at radius 1 is 1.36 bits per heavy atom. The van der Waals surface area contributed by atoms with Crippen LogP contribution in [-0.4, -0.2) is 20.2 Å². The van der Waals surface area contributed by atoms with Gasteiger partial charge in [0.1, 0.15) is 5.75 Å². The van der Waals surface area contributed by atoms with Crippen molar-refractivity contribution >= 4 is 11.6 Å². The first kappa shape index (κ1) is 11.3. The van der Waals surface area contributed by atoms with Gasteiger partial charge in [0.2, 0.25) is 0 Å². The molecular weight excluding hydrogens is 198 g/mol. The lowest BCUT2D eigenvalue weighted by Crippen LogP contribution is -2.09. The van der Waals surface area contributed by atoms with Crippen LogP contribution >= 0.6 is 11.6 Å². The van der Waals surface area contributed by atoms with Crippen molar-refractivity contribution in [3.63, 3.8) is 0 Å². The molecule has 0 aliphatic carbocycles. The highest BCUT2D eigenvalue weighted by Gasteiger charge is 1.94. The first-order valence-electron chi connectivity index (χ1n) is 4.86. The Morgan fingerprint density at radius 2 is 2.21 bits per heavy atom. The average Bonchev–Trinajstić information content (AvgIpc) is 2.18. The summed E-state index contributed by atoms with van der Waals surface area (Å²) in [4.78, 5) is 0. The van der Waals surface area contributed by atoms with Gasteiger partial charge in [-0.25, -0.2) is 0 Å². The predicted molar refractivity (Wildman–Crippen MR) is 60.1 cm³/mol. The maximum absolute atomic E-state index is 5.82. The lowest BCUT2D eigenvalue weighted by molar-refractivity contribution is 0.306. The van der Waals surface area contributed by atoms with Crippen LogP contribution in [0, 0.1) is 0 Å². The van der Waals surface area contributed by atoms with Crippen molar-refractivity contribution in [1.29, 1.82) is 0 Å². The Labute approximate surface area is 90.2 Å². The summed E-state index contributed by atoms with van der Waals surface area (Å²) in [6, 6.07) is 7.49. The molecule has 0 saturated heterocycles. The third kappa shape index (κ3) is 4.49. The van der Waals surface area contributed by atoms with Crippen molar-refractivity contribution < 1.29 is 4.74 Å². The summed E-state index contributed by atoms with van der Waals surface area (Å²) in [5, 5.41) is 3.82. The van der Waals surface area contributed by atoms with Crippen LogP contribution in [0.3, 0.4) is 0 Å². The summed E-state index contributed by atoms with van der Waals surface area (Å²) in [5.74, 6) is 0.849. The summed E-state index contributed by atoms with van der Waals surface area (Å²) in [5.41, 5.74) is 0. The van der Waals surface area contributed by atoms with Gasteiger partial charge in [-0.05, 0) is 44.6 Å². The van der Waals surface area contributed by atoms with Gasteiger partial charge in [0, 0.05) is 5.02 Å². The van der Waals surface area contributed by atoms with Crippen LogP contribution in [0.1, 0.15) is 12.8 Å². The van der Waals surface area contributed by atoms with Crippen molar-refractivity contribution in [1.82, 2.24) is 5.32 Å². The molecular formula is C11H16ClNO. The largest absolute Gasteiger partial charge is 0.494 e. The number of ether oxygens (including phenoxy) is 1. The molecule has 3 heteroatoms. The molecule has 1 aromatic carbocycles. The minimum atomic E-state index is 0.720. The fourth-order valence-corrected chi connectivity index (χ4v) is 1.33. The minimum Gasteiger partial charge on any atom is -0.494 e. The Balaban J connectivity index is 2.18. The van der Waals surface area contributed by atoms with Crippen LogP contribution in [0.4, 0.5) is 0 Å². The van der Waals surface area contributed by atoms with Gasteiger partial charge in [-0.2, -0.15) is 0 Å². The molecule has 14 heavy (non-hydrogen) atoms. The number of nitrogens with one attached hydrogen (secondary N) is 1. The highest BCUT2D eigenvalue weighted by Crippen LogP contribution is 2.17. The van der Waals surface area contributed by atoms with Gasteiger partial charge >= 0.3 is 0 Å². The van der Waals surface area contributed by atoms with E-state index in [1.807, 2.05) is 31.3 Å². The van der Waals surface area contributed by atoms with E-state index in [0.29, 0.717) is 0 Å². The van der Waals surface area contributed by atoms with E-state index >= 15 is 0 Å². The highest BCUT2D eigenvalue weighted by molar-refractivity contribution is 6.30. The molecule has 0 aromatic heterocycles. The second kappa shape index (κ2) is 6.68. The monoisotopic (exact) mass is 213 g/mol. The van der Waals surface area contributed by atoms with Crippen LogP contribution in [0.25, 0.3) is 0 Å². The number of benzene rings is 1. The van der Waals surface area contributed by atoms with Crippen molar-refractivity contribution in [2.45, 2.75) is 12.8 Å². The highest BCUT2D eigenvalue weighted by atomic mass is 35.5. The third-order valence-electron chi connectivity index (χ3n) is 1.89. The summed E-state index contributed by atoms with van der Waals surface area (Å²) < 4.78 is 5.52. The maximum atomic E-state index is 5.82. The molecule has 2 nitrogen and oxygen atoms in total. The first-order valence-corrected chi connectivity index (χ1v) is 5.23. The summed E-state index contributed by atoms with van der Waals surface area (Å²) in [6.45, 7) is 1.79. The molecule has 0 bridgehead atoms. The van der Waals surface area contributed by atoms with Crippen LogP contribution in [-0.2, 0) is 0 Å². The van der Waals surface area contributed by atoms with E-state index in [1.54, 1.807) is 0 Å². The van der Waals surface area contributed by atoms with Gasteiger partial charge in [0.15, 0.2) is 0 Å². The molecule has 0 fully saturated rings. The average molecular weight is 214 g/mol. The normalized spacial score (nSPS) is 10.1. The van der Waals surface area contributed by atoms with Gasteiger partial charge in [-0.1, -0.05) is 17.7 Å². The Bertz CT molecular complexity index is 265. The van der Waals surface area contributed by atoms with Crippen LogP contribution in [0.15, 0.2) is 24.3 Å². The second-order valence-corrected chi connectivity index (χ2v) is 3.55. The molecule has 0 atom stereocenters. The molecule has 1 N–H and O–H groups in total. The lowest BCUT2D eigenvalue weighted by Gasteiger charge is -2.05. The van der Waals surface area contributed by atoms with E-state index in [2.05, 4.69) is 5.32 Å². The second-order valence-electron chi connectivity index (χ2n) is 3.12. The summed E-state index contributed by atoms with van der Waals surface area (Å²) in [7, 11) is 1.96. The molecule has 78 valence electrons. The lowest BCUT2D eigenvalue weighted by atomic mass is 10.3. The first-order chi connectivity index (χ1) is 6.83. The molecule has 0 unspecified atom stereocenters. The maximum Gasteiger partial charge on any atom is 0.120 e. The Morgan fingerprint density at radius 3 is 2.93 bits per heavy atom. The van der Waals surface area contributed by atoms with Crippen molar-refractivity contribution in [3.05, 3.63) is 29.3 Å². The molecule has 1 aromatic rings. The summed E-state index contributed by atoms with van der Waals surface area (Å²) >= 11 is 5.82. The zero-order chi connectivity index (χ0) is 10.2. The molecule has 0 spiro atoms. The van der Waals surface area contributed by atoms with E-state index in [-0.39, 0.29) is 0 Å². The zero-order valence-corrected chi connectivity index (χ0v) is 9.18.